The fraction of sp³-hybridized carbons (Fsp3) is 0.714. The van der Waals surface area contributed by atoms with E-state index in [9.17, 15) is 9.90 Å². The molecule has 1 aromatic heterocycles. The first-order valence-corrected chi connectivity index (χ1v) is 7.16. The number of carbonyl (C=O) groups excluding carboxylic acids is 1. The van der Waals surface area contributed by atoms with Gasteiger partial charge in [0, 0.05) is 30.9 Å². The highest BCUT2D eigenvalue weighted by molar-refractivity contribution is 5.78. The van der Waals surface area contributed by atoms with Crippen LogP contribution in [0.25, 0.3) is 0 Å². The Morgan fingerprint density at radius 2 is 2.42 bits per heavy atom. The Balaban J connectivity index is 1.62. The number of fused-ring (bicyclic) bond motifs is 1. The molecule has 0 spiro atoms. The van der Waals surface area contributed by atoms with Crippen LogP contribution in [0.5, 0.6) is 0 Å². The van der Waals surface area contributed by atoms with Gasteiger partial charge in [-0.25, -0.2) is 0 Å². The third-order valence-electron chi connectivity index (χ3n) is 4.68. The summed E-state index contributed by atoms with van der Waals surface area (Å²) in [4.78, 5) is 14.1. The van der Waals surface area contributed by atoms with E-state index in [1.807, 2.05) is 11.0 Å². The maximum absolute atomic E-state index is 12.2. The molecule has 2 atom stereocenters. The lowest BCUT2D eigenvalue weighted by Crippen LogP contribution is -2.54. The third-order valence-corrected chi connectivity index (χ3v) is 4.68. The van der Waals surface area contributed by atoms with Crippen LogP contribution >= 0.6 is 0 Å². The van der Waals surface area contributed by atoms with Crippen LogP contribution in [0.4, 0.5) is 0 Å². The number of carbonyl (C=O) groups is 1. The number of hydrogen-bond acceptors (Lipinski definition) is 3. The molecule has 1 aromatic rings. The molecule has 3 rings (SSSR count). The van der Waals surface area contributed by atoms with Crippen LogP contribution in [0.1, 0.15) is 37.8 Å². The first kappa shape index (κ1) is 12.7. The molecule has 1 saturated heterocycles. The van der Waals surface area contributed by atoms with Gasteiger partial charge in [-0.2, -0.15) is 5.10 Å². The molecule has 1 saturated carbocycles. The van der Waals surface area contributed by atoms with Crippen LogP contribution in [-0.4, -0.2) is 44.8 Å². The zero-order valence-corrected chi connectivity index (χ0v) is 11.1. The molecule has 0 aromatic carbocycles. The standard InChI is InChI=1S/C14H21N3O2/c18-13(9-12-4-7-15-16-12)17-8-6-14(19)5-2-1-3-11(14)10-17/h4,7,11,19H,1-3,5-6,8-10H2,(H,15,16). The number of piperidine rings is 1. The monoisotopic (exact) mass is 263 g/mol. The zero-order valence-electron chi connectivity index (χ0n) is 11.1. The van der Waals surface area contributed by atoms with Gasteiger partial charge in [0.15, 0.2) is 0 Å². The molecule has 1 aliphatic heterocycles. The first-order valence-electron chi connectivity index (χ1n) is 7.16. The summed E-state index contributed by atoms with van der Waals surface area (Å²) in [6.45, 7) is 1.39. The van der Waals surface area contributed by atoms with Crippen molar-refractivity contribution in [2.24, 2.45) is 5.92 Å². The van der Waals surface area contributed by atoms with Crippen molar-refractivity contribution < 1.29 is 9.90 Å². The highest BCUT2D eigenvalue weighted by Gasteiger charge is 2.43. The van der Waals surface area contributed by atoms with Gasteiger partial charge in [-0.15, -0.1) is 0 Å². The van der Waals surface area contributed by atoms with Gasteiger partial charge in [0.25, 0.3) is 0 Å². The van der Waals surface area contributed by atoms with E-state index in [4.69, 9.17) is 0 Å². The second-order valence-corrected chi connectivity index (χ2v) is 5.89. The smallest absolute Gasteiger partial charge is 0.228 e. The van der Waals surface area contributed by atoms with E-state index in [0.29, 0.717) is 19.5 Å². The SMILES string of the molecule is O=C(Cc1ccn[nH]1)N1CCC2(O)CCCCC2C1. The van der Waals surface area contributed by atoms with E-state index in [0.717, 1.165) is 31.4 Å². The number of aromatic nitrogens is 2. The normalized spacial score (nSPS) is 31.0. The highest BCUT2D eigenvalue weighted by Crippen LogP contribution is 2.39. The summed E-state index contributed by atoms with van der Waals surface area (Å²) >= 11 is 0. The van der Waals surface area contributed by atoms with Crippen LogP contribution in [0.15, 0.2) is 12.3 Å². The molecule has 2 fully saturated rings. The van der Waals surface area contributed by atoms with E-state index in [1.54, 1.807) is 6.20 Å². The van der Waals surface area contributed by atoms with Crippen molar-refractivity contribution in [2.45, 2.75) is 44.1 Å². The summed E-state index contributed by atoms with van der Waals surface area (Å²) in [5, 5.41) is 17.3. The van der Waals surface area contributed by atoms with Crippen LogP contribution in [-0.2, 0) is 11.2 Å². The number of hydrogen-bond donors (Lipinski definition) is 2. The summed E-state index contributed by atoms with van der Waals surface area (Å²) in [5.74, 6) is 0.401. The molecule has 104 valence electrons. The molecular formula is C14H21N3O2. The molecule has 1 amide bonds. The summed E-state index contributed by atoms with van der Waals surface area (Å²) in [6.07, 6.45) is 7.02. The zero-order chi connectivity index (χ0) is 13.3. The van der Waals surface area contributed by atoms with Crippen LogP contribution < -0.4 is 0 Å². The maximum Gasteiger partial charge on any atom is 0.228 e. The molecular weight excluding hydrogens is 242 g/mol. The van der Waals surface area contributed by atoms with Crippen molar-refractivity contribution in [3.63, 3.8) is 0 Å². The third kappa shape index (κ3) is 2.52. The number of rotatable bonds is 2. The average molecular weight is 263 g/mol. The van der Waals surface area contributed by atoms with Crippen LogP contribution in [0.2, 0.25) is 0 Å². The molecule has 2 N–H and O–H groups in total. The van der Waals surface area contributed by atoms with Crippen molar-refractivity contribution in [3.8, 4) is 0 Å². The number of nitrogens with zero attached hydrogens (tertiary/aromatic N) is 2. The Kier molecular flexibility index (Phi) is 3.31. The van der Waals surface area contributed by atoms with Crippen molar-refractivity contribution in [1.82, 2.24) is 15.1 Å². The van der Waals surface area contributed by atoms with Gasteiger partial charge in [0.1, 0.15) is 0 Å². The summed E-state index contributed by atoms with van der Waals surface area (Å²) in [6, 6.07) is 1.83. The van der Waals surface area contributed by atoms with E-state index in [-0.39, 0.29) is 11.8 Å². The highest BCUT2D eigenvalue weighted by atomic mass is 16.3. The van der Waals surface area contributed by atoms with Crippen LogP contribution in [0, 0.1) is 5.92 Å². The number of nitrogens with one attached hydrogen (secondary N) is 1. The molecule has 2 unspecified atom stereocenters. The van der Waals surface area contributed by atoms with Gasteiger partial charge in [0.2, 0.25) is 5.91 Å². The Morgan fingerprint density at radius 1 is 1.53 bits per heavy atom. The van der Waals surface area contributed by atoms with E-state index in [1.165, 1.54) is 6.42 Å². The summed E-state index contributed by atoms with van der Waals surface area (Å²) in [7, 11) is 0. The molecule has 5 nitrogen and oxygen atoms in total. The largest absolute Gasteiger partial charge is 0.389 e. The van der Waals surface area contributed by atoms with Gasteiger partial charge >= 0.3 is 0 Å². The maximum atomic E-state index is 12.2. The number of H-pyrrole nitrogens is 1. The van der Waals surface area contributed by atoms with Crippen molar-refractivity contribution in [1.29, 1.82) is 0 Å². The van der Waals surface area contributed by atoms with Crippen molar-refractivity contribution in [3.05, 3.63) is 18.0 Å². The molecule has 1 aliphatic carbocycles. The lowest BCUT2D eigenvalue weighted by atomic mass is 9.71. The Morgan fingerprint density at radius 3 is 3.21 bits per heavy atom. The second kappa shape index (κ2) is 4.96. The molecule has 0 radical (unpaired) electrons. The van der Waals surface area contributed by atoms with E-state index in [2.05, 4.69) is 10.2 Å². The molecule has 2 heterocycles. The predicted molar refractivity (Wildman–Crippen MR) is 70.4 cm³/mol. The average Bonchev–Trinajstić information content (AvgIpc) is 2.90. The number of likely N-dealkylation sites (tertiary alicyclic amines) is 1. The molecule has 19 heavy (non-hydrogen) atoms. The predicted octanol–water partition coefficient (Wildman–Crippen LogP) is 1.11. The van der Waals surface area contributed by atoms with Crippen molar-refractivity contribution in [2.75, 3.05) is 13.1 Å². The fourth-order valence-electron chi connectivity index (χ4n) is 3.46. The minimum Gasteiger partial charge on any atom is -0.389 e. The summed E-state index contributed by atoms with van der Waals surface area (Å²) < 4.78 is 0. The van der Waals surface area contributed by atoms with Gasteiger partial charge in [-0.1, -0.05) is 12.8 Å². The van der Waals surface area contributed by atoms with Gasteiger partial charge in [0.05, 0.1) is 12.0 Å². The van der Waals surface area contributed by atoms with E-state index < -0.39 is 5.60 Å². The Hall–Kier alpha value is -1.36. The van der Waals surface area contributed by atoms with E-state index >= 15 is 0 Å². The lowest BCUT2D eigenvalue weighted by molar-refractivity contribution is -0.142. The fourth-order valence-corrected chi connectivity index (χ4v) is 3.46. The first-order chi connectivity index (χ1) is 9.17. The Labute approximate surface area is 113 Å². The number of aliphatic hydroxyl groups is 1. The molecule has 2 aliphatic rings. The van der Waals surface area contributed by atoms with Crippen LogP contribution in [0.3, 0.4) is 0 Å². The lowest BCUT2D eigenvalue weighted by Gasteiger charge is -2.47. The number of amides is 1. The number of aromatic amines is 1. The Bertz CT molecular complexity index is 446. The second-order valence-electron chi connectivity index (χ2n) is 5.89. The summed E-state index contributed by atoms with van der Waals surface area (Å²) in [5.41, 5.74) is 0.345. The molecule has 5 heteroatoms. The van der Waals surface area contributed by atoms with Gasteiger partial charge in [-0.3, -0.25) is 9.89 Å². The quantitative estimate of drug-likeness (QED) is 0.839. The topological polar surface area (TPSA) is 69.2 Å². The van der Waals surface area contributed by atoms with Crippen molar-refractivity contribution >= 4 is 5.91 Å². The van der Waals surface area contributed by atoms with Gasteiger partial charge < -0.3 is 10.0 Å². The van der Waals surface area contributed by atoms with Gasteiger partial charge in [-0.05, 0) is 25.3 Å². The molecule has 0 bridgehead atoms. The minimum atomic E-state index is -0.511. The minimum absolute atomic E-state index is 0.136.